The Morgan fingerprint density at radius 3 is 2.79 bits per heavy atom. The molecule has 0 fully saturated rings. The van der Waals surface area contributed by atoms with Gasteiger partial charge in [0.05, 0.1) is 13.2 Å². The van der Waals surface area contributed by atoms with Crippen LogP contribution in [0.5, 0.6) is 5.75 Å². The highest BCUT2D eigenvalue weighted by Crippen LogP contribution is 2.19. The lowest BCUT2D eigenvalue weighted by molar-refractivity contribution is 0.199. The first-order valence-electron chi connectivity index (χ1n) is 6.96. The molecule has 0 unspecified atom stereocenters. The topological polar surface area (TPSA) is 30.5 Å². The van der Waals surface area contributed by atoms with Crippen molar-refractivity contribution in [2.45, 2.75) is 19.8 Å². The Bertz CT molecular complexity index is 364. The van der Waals surface area contributed by atoms with Crippen LogP contribution in [0.1, 0.15) is 25.3 Å². The summed E-state index contributed by atoms with van der Waals surface area (Å²) in [5.41, 5.74) is 1.15. The zero-order valence-corrected chi connectivity index (χ0v) is 12.0. The Balaban J connectivity index is 2.34. The van der Waals surface area contributed by atoms with E-state index in [1.54, 1.807) is 7.11 Å². The van der Waals surface area contributed by atoms with Crippen molar-refractivity contribution in [1.82, 2.24) is 5.32 Å². The minimum atomic E-state index is 0.761. The molecule has 0 spiro atoms. The minimum Gasteiger partial charge on any atom is -0.493 e. The normalized spacial score (nSPS) is 11.1. The average Bonchev–Trinajstić information content (AvgIpc) is 2.45. The van der Waals surface area contributed by atoms with Crippen LogP contribution >= 0.6 is 0 Å². The first-order chi connectivity index (χ1) is 9.38. The van der Waals surface area contributed by atoms with Crippen LogP contribution in [0.25, 0.3) is 6.08 Å². The van der Waals surface area contributed by atoms with Crippen LogP contribution in [0.2, 0.25) is 0 Å². The van der Waals surface area contributed by atoms with Gasteiger partial charge in [0, 0.05) is 19.2 Å². The third-order valence-electron chi connectivity index (χ3n) is 2.65. The Kier molecular flexibility index (Phi) is 8.77. The van der Waals surface area contributed by atoms with Gasteiger partial charge in [0.1, 0.15) is 5.75 Å². The molecule has 106 valence electrons. The van der Waals surface area contributed by atoms with Crippen LogP contribution < -0.4 is 10.1 Å². The maximum absolute atomic E-state index is 5.71. The number of ether oxygens (including phenoxy) is 2. The fourth-order valence-corrected chi connectivity index (χ4v) is 1.66. The van der Waals surface area contributed by atoms with Gasteiger partial charge in [-0.2, -0.15) is 0 Å². The van der Waals surface area contributed by atoms with Gasteiger partial charge in [-0.3, -0.25) is 0 Å². The summed E-state index contributed by atoms with van der Waals surface area (Å²) in [7, 11) is 1.72. The number of para-hydroxylation sites is 1. The van der Waals surface area contributed by atoms with Crippen molar-refractivity contribution in [3.8, 4) is 5.75 Å². The molecule has 0 atom stereocenters. The van der Waals surface area contributed by atoms with E-state index in [1.165, 1.54) is 0 Å². The third kappa shape index (κ3) is 6.99. The lowest BCUT2D eigenvalue weighted by Crippen LogP contribution is -2.19. The Morgan fingerprint density at radius 2 is 2.00 bits per heavy atom. The van der Waals surface area contributed by atoms with Gasteiger partial charge < -0.3 is 14.8 Å². The molecule has 0 saturated carbocycles. The molecule has 1 rings (SSSR count). The fraction of sp³-hybridized carbons (Fsp3) is 0.500. The van der Waals surface area contributed by atoms with Gasteiger partial charge in [-0.05, 0) is 25.5 Å². The quantitative estimate of drug-likeness (QED) is 0.658. The zero-order valence-electron chi connectivity index (χ0n) is 12.0. The van der Waals surface area contributed by atoms with Gasteiger partial charge in [-0.15, -0.1) is 0 Å². The van der Waals surface area contributed by atoms with Crippen molar-refractivity contribution in [1.29, 1.82) is 0 Å². The standard InChI is InChI=1S/C16H25NO2/c1-3-13-19-16-10-5-4-8-15(16)9-6-7-11-17-12-14-18-2/h4-6,8-10,17H,3,7,11-14H2,1-2H3/b9-6+. The summed E-state index contributed by atoms with van der Waals surface area (Å²) in [6.45, 7) is 5.52. The van der Waals surface area contributed by atoms with Crippen molar-refractivity contribution in [3.63, 3.8) is 0 Å². The number of benzene rings is 1. The van der Waals surface area contributed by atoms with Gasteiger partial charge in [-0.1, -0.05) is 37.3 Å². The van der Waals surface area contributed by atoms with E-state index in [0.29, 0.717) is 0 Å². The van der Waals surface area contributed by atoms with Gasteiger partial charge in [0.15, 0.2) is 0 Å². The second-order valence-corrected chi connectivity index (χ2v) is 4.32. The Hall–Kier alpha value is -1.32. The molecular formula is C16H25NO2. The molecular weight excluding hydrogens is 238 g/mol. The first kappa shape index (κ1) is 15.7. The van der Waals surface area contributed by atoms with Crippen LogP contribution in [0, 0.1) is 0 Å². The molecule has 3 nitrogen and oxygen atoms in total. The number of rotatable bonds is 10. The number of nitrogens with one attached hydrogen (secondary N) is 1. The predicted molar refractivity (Wildman–Crippen MR) is 80.6 cm³/mol. The third-order valence-corrected chi connectivity index (χ3v) is 2.65. The van der Waals surface area contributed by atoms with E-state index in [1.807, 2.05) is 18.2 Å². The second kappa shape index (κ2) is 10.6. The molecule has 0 aliphatic heterocycles. The molecule has 0 aliphatic carbocycles. The molecule has 0 amide bonds. The summed E-state index contributed by atoms with van der Waals surface area (Å²) >= 11 is 0. The SMILES string of the molecule is CCCOc1ccccc1/C=C/CCNCCOC. The van der Waals surface area contributed by atoms with Crippen LogP contribution in [-0.4, -0.2) is 33.4 Å². The highest BCUT2D eigenvalue weighted by molar-refractivity contribution is 5.57. The summed E-state index contributed by atoms with van der Waals surface area (Å²) in [5.74, 6) is 0.966. The smallest absolute Gasteiger partial charge is 0.126 e. The largest absolute Gasteiger partial charge is 0.493 e. The molecule has 0 heterocycles. The molecule has 1 N–H and O–H groups in total. The fourth-order valence-electron chi connectivity index (χ4n) is 1.66. The van der Waals surface area contributed by atoms with Crippen LogP contribution in [-0.2, 0) is 4.74 Å². The van der Waals surface area contributed by atoms with E-state index >= 15 is 0 Å². The van der Waals surface area contributed by atoms with Gasteiger partial charge in [0.2, 0.25) is 0 Å². The monoisotopic (exact) mass is 263 g/mol. The van der Waals surface area contributed by atoms with Crippen molar-refractivity contribution in [2.75, 3.05) is 33.4 Å². The van der Waals surface area contributed by atoms with Gasteiger partial charge in [-0.25, -0.2) is 0 Å². The van der Waals surface area contributed by atoms with Gasteiger partial charge >= 0.3 is 0 Å². The van der Waals surface area contributed by atoms with E-state index < -0.39 is 0 Å². The van der Waals surface area contributed by atoms with E-state index in [9.17, 15) is 0 Å². The second-order valence-electron chi connectivity index (χ2n) is 4.32. The van der Waals surface area contributed by atoms with Crippen LogP contribution in [0.4, 0.5) is 0 Å². The molecule has 3 heteroatoms. The highest BCUT2D eigenvalue weighted by Gasteiger charge is 1.98. The summed E-state index contributed by atoms with van der Waals surface area (Å²) < 4.78 is 10.7. The molecule has 1 aromatic carbocycles. The molecule has 0 radical (unpaired) electrons. The van der Waals surface area contributed by atoms with Crippen LogP contribution in [0.3, 0.4) is 0 Å². The van der Waals surface area contributed by atoms with E-state index in [0.717, 1.165) is 50.5 Å². The van der Waals surface area contributed by atoms with Crippen molar-refractivity contribution in [3.05, 3.63) is 35.9 Å². The molecule has 0 aliphatic rings. The highest BCUT2D eigenvalue weighted by atomic mass is 16.5. The first-order valence-corrected chi connectivity index (χ1v) is 6.96. The zero-order chi connectivity index (χ0) is 13.8. The number of methoxy groups -OCH3 is 1. The number of hydrogen-bond acceptors (Lipinski definition) is 3. The van der Waals surface area contributed by atoms with Crippen molar-refractivity contribution >= 4 is 6.08 Å². The number of hydrogen-bond donors (Lipinski definition) is 1. The minimum absolute atomic E-state index is 0.761. The summed E-state index contributed by atoms with van der Waals surface area (Å²) in [6.07, 6.45) is 6.34. The van der Waals surface area contributed by atoms with E-state index in [4.69, 9.17) is 9.47 Å². The molecule has 1 aromatic rings. The summed E-state index contributed by atoms with van der Waals surface area (Å²) in [4.78, 5) is 0. The predicted octanol–water partition coefficient (Wildman–Crippen LogP) is 3.11. The maximum atomic E-state index is 5.71. The lowest BCUT2D eigenvalue weighted by atomic mass is 10.2. The Morgan fingerprint density at radius 1 is 1.16 bits per heavy atom. The van der Waals surface area contributed by atoms with Crippen molar-refractivity contribution in [2.24, 2.45) is 0 Å². The molecule has 0 aromatic heterocycles. The maximum Gasteiger partial charge on any atom is 0.126 e. The summed E-state index contributed by atoms with van der Waals surface area (Å²) in [6, 6.07) is 8.15. The Labute approximate surface area is 116 Å². The lowest BCUT2D eigenvalue weighted by Gasteiger charge is -2.07. The molecule has 0 bridgehead atoms. The van der Waals surface area contributed by atoms with E-state index in [-0.39, 0.29) is 0 Å². The van der Waals surface area contributed by atoms with E-state index in [2.05, 4.69) is 30.5 Å². The summed E-state index contributed by atoms with van der Waals surface area (Å²) in [5, 5.41) is 3.31. The molecule has 0 saturated heterocycles. The average molecular weight is 263 g/mol. The van der Waals surface area contributed by atoms with Gasteiger partial charge in [0.25, 0.3) is 0 Å². The van der Waals surface area contributed by atoms with Crippen molar-refractivity contribution < 1.29 is 9.47 Å². The molecule has 19 heavy (non-hydrogen) atoms. The van der Waals surface area contributed by atoms with Crippen LogP contribution in [0.15, 0.2) is 30.3 Å².